The number of pyridine rings is 1. The summed E-state index contributed by atoms with van der Waals surface area (Å²) in [5.41, 5.74) is 1.21. The summed E-state index contributed by atoms with van der Waals surface area (Å²) < 4.78 is 0. The lowest BCUT2D eigenvalue weighted by Gasteiger charge is -2.26. The van der Waals surface area contributed by atoms with Gasteiger partial charge >= 0.3 is 0 Å². The first-order valence-corrected chi connectivity index (χ1v) is 7.11. The number of imidazole rings is 1. The van der Waals surface area contributed by atoms with Gasteiger partial charge in [0.05, 0.1) is 12.1 Å². The average Bonchev–Trinajstić information content (AvgIpc) is 3.17. The third-order valence-corrected chi connectivity index (χ3v) is 3.86. The van der Waals surface area contributed by atoms with E-state index in [0.29, 0.717) is 23.6 Å². The van der Waals surface area contributed by atoms with Gasteiger partial charge < -0.3 is 15.0 Å². The first-order chi connectivity index (χ1) is 10.2. The number of carbonyl (C=O) groups is 1. The van der Waals surface area contributed by atoms with Gasteiger partial charge in [0.2, 0.25) is 0 Å². The lowest BCUT2D eigenvalue weighted by atomic mass is 10.1. The molecule has 0 bridgehead atoms. The molecule has 0 radical (unpaired) electrons. The van der Waals surface area contributed by atoms with Crippen molar-refractivity contribution in [2.24, 2.45) is 0 Å². The van der Waals surface area contributed by atoms with Crippen LogP contribution in [0.1, 0.15) is 30.1 Å². The van der Waals surface area contributed by atoms with Crippen molar-refractivity contribution in [2.75, 3.05) is 6.54 Å². The van der Waals surface area contributed by atoms with E-state index in [1.54, 1.807) is 42.5 Å². The number of amides is 1. The molecule has 0 spiro atoms. The normalized spacial score (nSPS) is 19.7. The van der Waals surface area contributed by atoms with Crippen molar-refractivity contribution in [2.45, 2.75) is 31.9 Å². The Kier molecular flexibility index (Phi) is 3.70. The fourth-order valence-electron chi connectivity index (χ4n) is 2.81. The molecule has 3 rings (SSSR count). The van der Waals surface area contributed by atoms with Crippen LogP contribution >= 0.6 is 0 Å². The highest BCUT2D eigenvalue weighted by molar-refractivity contribution is 5.95. The van der Waals surface area contributed by atoms with Crippen LogP contribution in [0.15, 0.2) is 30.7 Å². The van der Waals surface area contributed by atoms with Gasteiger partial charge in [0.15, 0.2) is 5.82 Å². The maximum atomic E-state index is 12.6. The van der Waals surface area contributed by atoms with Gasteiger partial charge in [-0.15, -0.1) is 0 Å². The maximum absolute atomic E-state index is 12.6. The summed E-state index contributed by atoms with van der Waals surface area (Å²) in [7, 11) is 0. The number of aromatic nitrogens is 3. The highest BCUT2D eigenvalue weighted by atomic mass is 16.3. The second-order valence-corrected chi connectivity index (χ2v) is 5.32. The third kappa shape index (κ3) is 2.67. The van der Waals surface area contributed by atoms with Gasteiger partial charge in [-0.25, -0.2) is 4.98 Å². The molecule has 1 aliphatic heterocycles. The Morgan fingerprint density at radius 3 is 3.05 bits per heavy atom. The average molecular weight is 286 g/mol. The number of nitrogens with one attached hydrogen (secondary N) is 1. The molecule has 1 unspecified atom stereocenters. The Morgan fingerprint density at radius 2 is 2.33 bits per heavy atom. The van der Waals surface area contributed by atoms with Crippen molar-refractivity contribution in [1.29, 1.82) is 0 Å². The largest absolute Gasteiger partial charge is 0.391 e. The quantitative estimate of drug-likeness (QED) is 0.895. The van der Waals surface area contributed by atoms with Gasteiger partial charge in [-0.2, -0.15) is 0 Å². The molecular formula is C15H18N4O2. The molecule has 2 aromatic rings. The second-order valence-electron chi connectivity index (χ2n) is 5.32. The zero-order chi connectivity index (χ0) is 14.8. The van der Waals surface area contributed by atoms with E-state index < -0.39 is 6.10 Å². The summed E-state index contributed by atoms with van der Waals surface area (Å²) in [5.74, 6) is 0.576. The van der Waals surface area contributed by atoms with Gasteiger partial charge in [-0.1, -0.05) is 0 Å². The molecule has 21 heavy (non-hydrogen) atoms. The van der Waals surface area contributed by atoms with E-state index in [9.17, 15) is 9.90 Å². The SMILES string of the molecule is CC(O)[C@H]1CCCN1C(=O)c1ccnc(-c2ncc[nH]2)c1. The number of likely N-dealkylation sites (tertiary alicyclic amines) is 1. The van der Waals surface area contributed by atoms with Crippen molar-refractivity contribution in [3.05, 3.63) is 36.3 Å². The lowest BCUT2D eigenvalue weighted by molar-refractivity contribution is 0.0537. The predicted octanol–water partition coefficient (Wildman–Crippen LogP) is 1.46. The Balaban J connectivity index is 1.87. The number of hydrogen-bond acceptors (Lipinski definition) is 4. The van der Waals surface area contributed by atoms with Crippen LogP contribution in [0.2, 0.25) is 0 Å². The molecule has 1 saturated heterocycles. The van der Waals surface area contributed by atoms with Crippen LogP contribution < -0.4 is 0 Å². The van der Waals surface area contributed by atoms with Gasteiger partial charge in [0.1, 0.15) is 5.69 Å². The van der Waals surface area contributed by atoms with Gasteiger partial charge in [-0.3, -0.25) is 9.78 Å². The monoisotopic (exact) mass is 286 g/mol. The Bertz CT molecular complexity index is 624. The smallest absolute Gasteiger partial charge is 0.254 e. The minimum absolute atomic E-state index is 0.0615. The second kappa shape index (κ2) is 5.65. The van der Waals surface area contributed by atoms with Gasteiger partial charge in [-0.05, 0) is 31.9 Å². The Morgan fingerprint density at radius 1 is 1.48 bits per heavy atom. The molecule has 2 atom stereocenters. The fourth-order valence-corrected chi connectivity index (χ4v) is 2.81. The number of hydrogen-bond donors (Lipinski definition) is 2. The number of carbonyl (C=O) groups excluding carboxylic acids is 1. The summed E-state index contributed by atoms with van der Waals surface area (Å²) in [6.45, 7) is 2.42. The van der Waals surface area contributed by atoms with Crippen molar-refractivity contribution >= 4 is 5.91 Å². The molecule has 1 amide bonds. The van der Waals surface area contributed by atoms with Crippen LogP contribution in [-0.4, -0.2) is 49.6 Å². The molecule has 0 saturated carbocycles. The van der Waals surface area contributed by atoms with Crippen molar-refractivity contribution in [3.8, 4) is 11.5 Å². The summed E-state index contributed by atoms with van der Waals surface area (Å²) >= 11 is 0. The number of aliphatic hydroxyl groups excluding tert-OH is 1. The topological polar surface area (TPSA) is 82.1 Å². The van der Waals surface area contributed by atoms with E-state index in [0.717, 1.165) is 12.8 Å². The number of rotatable bonds is 3. The maximum Gasteiger partial charge on any atom is 0.254 e. The lowest BCUT2D eigenvalue weighted by Crippen LogP contribution is -2.41. The van der Waals surface area contributed by atoms with E-state index >= 15 is 0 Å². The number of aromatic amines is 1. The third-order valence-electron chi connectivity index (χ3n) is 3.86. The minimum atomic E-state index is -0.511. The van der Waals surface area contributed by atoms with E-state index in [-0.39, 0.29) is 11.9 Å². The molecule has 3 heterocycles. The summed E-state index contributed by atoms with van der Waals surface area (Å²) in [4.78, 5) is 25.7. The van der Waals surface area contributed by atoms with Crippen LogP contribution in [0, 0.1) is 0 Å². The van der Waals surface area contributed by atoms with E-state index in [4.69, 9.17) is 0 Å². The van der Waals surface area contributed by atoms with E-state index in [1.807, 2.05) is 0 Å². The summed E-state index contributed by atoms with van der Waals surface area (Å²) in [6, 6.07) is 3.34. The van der Waals surface area contributed by atoms with Crippen LogP contribution in [-0.2, 0) is 0 Å². The zero-order valence-electron chi connectivity index (χ0n) is 11.9. The van der Waals surface area contributed by atoms with Crippen LogP contribution in [0.4, 0.5) is 0 Å². The predicted molar refractivity (Wildman–Crippen MR) is 77.6 cm³/mol. The standard InChI is InChI=1S/C15H18N4O2/c1-10(20)13-3-2-8-19(13)15(21)11-4-5-16-12(9-11)14-17-6-7-18-14/h4-7,9-10,13,20H,2-3,8H2,1H3,(H,17,18)/t10?,13-/m1/s1. The summed E-state index contributed by atoms with van der Waals surface area (Å²) in [5, 5.41) is 9.80. The number of aliphatic hydroxyl groups is 1. The van der Waals surface area contributed by atoms with Gasteiger partial charge in [0.25, 0.3) is 5.91 Å². The molecule has 1 fully saturated rings. The first-order valence-electron chi connectivity index (χ1n) is 7.11. The molecule has 110 valence electrons. The minimum Gasteiger partial charge on any atom is -0.391 e. The molecule has 0 aliphatic carbocycles. The number of nitrogens with zero attached hydrogens (tertiary/aromatic N) is 3. The highest BCUT2D eigenvalue weighted by Gasteiger charge is 2.32. The van der Waals surface area contributed by atoms with Gasteiger partial charge in [0, 0.05) is 30.7 Å². The van der Waals surface area contributed by atoms with Crippen LogP contribution in [0.3, 0.4) is 0 Å². The van der Waals surface area contributed by atoms with Crippen molar-refractivity contribution in [1.82, 2.24) is 19.9 Å². The van der Waals surface area contributed by atoms with Crippen molar-refractivity contribution in [3.63, 3.8) is 0 Å². The Hall–Kier alpha value is -2.21. The molecule has 2 N–H and O–H groups in total. The Labute approximate surface area is 122 Å². The molecule has 6 nitrogen and oxygen atoms in total. The highest BCUT2D eigenvalue weighted by Crippen LogP contribution is 2.23. The first kappa shape index (κ1) is 13.8. The van der Waals surface area contributed by atoms with Crippen LogP contribution in [0.5, 0.6) is 0 Å². The van der Waals surface area contributed by atoms with Crippen molar-refractivity contribution < 1.29 is 9.90 Å². The fraction of sp³-hybridized carbons (Fsp3) is 0.400. The number of H-pyrrole nitrogens is 1. The molecule has 2 aromatic heterocycles. The van der Waals surface area contributed by atoms with Crippen LogP contribution in [0.25, 0.3) is 11.5 Å². The molecule has 6 heteroatoms. The molecule has 0 aromatic carbocycles. The molecule has 1 aliphatic rings. The van der Waals surface area contributed by atoms with E-state index in [2.05, 4.69) is 15.0 Å². The molecular weight excluding hydrogens is 268 g/mol. The summed E-state index contributed by atoms with van der Waals surface area (Å²) in [6.07, 6.45) is 6.24. The zero-order valence-corrected chi connectivity index (χ0v) is 11.9. The van der Waals surface area contributed by atoms with E-state index in [1.165, 1.54) is 0 Å².